The van der Waals surface area contributed by atoms with Crippen molar-refractivity contribution in [1.29, 1.82) is 0 Å². The third-order valence-corrected chi connectivity index (χ3v) is 18.6. The number of aromatic nitrogens is 6. The van der Waals surface area contributed by atoms with Gasteiger partial charge in [0.05, 0.1) is 0 Å². The SMILES string of the molecule is Cc1cc(C)cc(N2[CH-]N(c3cc(C)cc(C)c3)c3nccnc32)c1.Cc1cc(C)cc(N2[CH-]N(c3cc(C)cc(C)c3)c3nccnc32)c1.Cc1cc(C)cc(N2[CH-]N(c3cc(C)cc(C)c3)c3nccnc32)c1.[CH3-].[CH3-].[CH3-].[CH3-].[Cu+2].[Cu+2].[Cu+2].[Cu+2].c1ccc2c(c1)N(C1CCCCC1)[CH-]N2C1CCCCC1. The summed E-state index contributed by atoms with van der Waals surface area (Å²) in [6.07, 6.45) is 24.4. The van der Waals surface area contributed by atoms with Crippen LogP contribution in [0.25, 0.3) is 0 Å². The van der Waals surface area contributed by atoms with Crippen molar-refractivity contribution in [3.8, 4) is 0 Å². The first kappa shape index (κ1) is 86.9. The molecule has 16 rings (SSSR count). The molecule has 6 aliphatic rings. The second-order valence-electron chi connectivity index (χ2n) is 27.3. The van der Waals surface area contributed by atoms with E-state index >= 15 is 0 Å². The van der Waals surface area contributed by atoms with Crippen LogP contribution in [-0.4, -0.2) is 42.0 Å². The Bertz CT molecular complexity index is 3680. The summed E-state index contributed by atoms with van der Waals surface area (Å²) in [4.78, 5) is 45.4. The molecule has 2 aliphatic carbocycles. The number of hydrogen-bond acceptors (Lipinski definition) is 14. The van der Waals surface area contributed by atoms with E-state index in [1.807, 2.05) is 0 Å². The van der Waals surface area contributed by atoms with Crippen LogP contribution in [0.5, 0.6) is 0 Å². The number of fused-ring (bicyclic) bond motifs is 4. The minimum atomic E-state index is 0. The maximum atomic E-state index is 4.59. The summed E-state index contributed by atoms with van der Waals surface area (Å²) in [5, 5.41) is 0. The molecule has 14 nitrogen and oxygen atoms in total. The van der Waals surface area contributed by atoms with E-state index in [1.165, 1.54) is 142 Å². The number of rotatable bonds is 8. The summed E-state index contributed by atoms with van der Waals surface area (Å²) in [5.41, 5.74) is 24.3. The van der Waals surface area contributed by atoms with Gasteiger partial charge in [0.2, 0.25) is 0 Å². The third-order valence-electron chi connectivity index (χ3n) is 18.6. The van der Waals surface area contributed by atoms with Crippen LogP contribution in [0.2, 0.25) is 0 Å². The van der Waals surface area contributed by atoms with Crippen molar-refractivity contribution >= 4 is 80.4 Å². The molecule has 3 aromatic heterocycles. The van der Waals surface area contributed by atoms with Gasteiger partial charge in [-0.1, -0.05) is 87.1 Å². The molecule has 4 radical (unpaired) electrons. The Kier molecular flexibility index (Phi) is 32.2. The summed E-state index contributed by atoms with van der Waals surface area (Å²) in [5.74, 6) is 5.12. The Balaban J connectivity index is 0.000000243. The summed E-state index contributed by atoms with van der Waals surface area (Å²) >= 11 is 0. The predicted molar refractivity (Wildman–Crippen MR) is 422 cm³/mol. The molecule has 0 N–H and O–H groups in total. The molecule has 7 aromatic carbocycles. The van der Waals surface area contributed by atoms with Crippen molar-refractivity contribution in [3.63, 3.8) is 0 Å². The average molecular weight is 1590 g/mol. The molecule has 0 amide bonds. The molecule has 10 aromatic rings. The van der Waals surface area contributed by atoms with E-state index in [0.717, 1.165) is 81.1 Å². The standard InChI is InChI=1S/3C21H21N4.C19H27N2.4CH3.4Cu/c3*1-14-7-15(2)10-18(9-14)24-13-25(21-20(24)22-5-6-23-21)19-11-16(3)8-17(4)12-19;1-3-9-16(10-4-1)20-15-21(17-11-5-2-6-12-17)19-14-8-7-13-18(19)20;;;;;;;;/h3*5-13H,1-4H3;7-8,13-17H,1-6,9-12H2;4*1H3;;;;/q8*-1;4*+2. The van der Waals surface area contributed by atoms with Crippen LogP contribution in [0, 0.1) is 139 Å². The zero-order valence-electron chi connectivity index (χ0n) is 63.2. The number of para-hydroxylation sites is 2. The van der Waals surface area contributed by atoms with Crippen LogP contribution < -0.4 is 39.2 Å². The molecule has 0 saturated heterocycles. The first-order valence-corrected chi connectivity index (χ1v) is 34.2. The van der Waals surface area contributed by atoms with Crippen molar-refractivity contribution < 1.29 is 68.3 Å². The Morgan fingerprint density at radius 1 is 0.250 bits per heavy atom. The van der Waals surface area contributed by atoms with Crippen LogP contribution in [0.15, 0.2) is 171 Å². The Morgan fingerprint density at radius 2 is 0.423 bits per heavy atom. The number of nitrogens with zero attached hydrogens (tertiary/aromatic N) is 14. The van der Waals surface area contributed by atoms with Gasteiger partial charge in [-0.25, -0.2) is 29.9 Å². The van der Waals surface area contributed by atoms with E-state index < -0.39 is 0 Å². The fourth-order valence-corrected chi connectivity index (χ4v) is 14.8. The quantitative estimate of drug-likeness (QED) is 0.106. The number of anilines is 14. The second-order valence-corrected chi connectivity index (χ2v) is 27.3. The van der Waals surface area contributed by atoms with Crippen molar-refractivity contribution in [2.75, 3.05) is 39.2 Å². The number of hydrogen-bond donors (Lipinski definition) is 0. The van der Waals surface area contributed by atoms with Crippen molar-refractivity contribution in [2.24, 2.45) is 0 Å². The van der Waals surface area contributed by atoms with E-state index in [9.17, 15) is 0 Å². The van der Waals surface area contributed by atoms with Gasteiger partial charge in [-0.3, -0.25) is 0 Å². The molecule has 4 aliphatic heterocycles. The van der Waals surface area contributed by atoms with Crippen LogP contribution in [0.3, 0.4) is 0 Å². The summed E-state index contributed by atoms with van der Waals surface area (Å²) in [6, 6.07) is 49.7. The molecule has 2 saturated carbocycles. The zero-order valence-corrected chi connectivity index (χ0v) is 66.9. The van der Waals surface area contributed by atoms with Crippen molar-refractivity contribution in [3.05, 3.63) is 294 Å². The van der Waals surface area contributed by atoms with Gasteiger partial charge in [0, 0.05) is 94.8 Å². The maximum Gasteiger partial charge on any atom is 2.00 e. The van der Waals surface area contributed by atoms with Crippen molar-refractivity contribution in [2.45, 2.75) is 159 Å². The van der Waals surface area contributed by atoms with Gasteiger partial charge in [-0.15, -0.1) is 20.0 Å². The monoisotopic (exact) mass is 1580 g/mol. The first-order valence-electron chi connectivity index (χ1n) is 34.2. The van der Waals surface area contributed by atoms with Gasteiger partial charge in [-0.05, 0) is 260 Å². The molecule has 0 unspecified atom stereocenters. The fraction of sp³-hybridized carbons (Fsp3) is 0.279. The van der Waals surface area contributed by atoms with Crippen LogP contribution in [0.4, 0.5) is 80.4 Å². The first-order chi connectivity index (χ1) is 46.5. The largest absolute Gasteiger partial charge is 2.00 e. The number of aryl methyl sites for hydroxylation is 12. The summed E-state index contributed by atoms with van der Waals surface area (Å²) in [7, 11) is 0. The molecule has 560 valence electrons. The molecule has 0 spiro atoms. The van der Waals surface area contributed by atoms with E-state index in [0.29, 0.717) is 0 Å². The average Bonchev–Trinajstić information content (AvgIpc) is 1.64. The van der Waals surface area contributed by atoms with Crippen LogP contribution in [0.1, 0.15) is 131 Å². The van der Waals surface area contributed by atoms with Crippen molar-refractivity contribution in [1.82, 2.24) is 29.9 Å². The maximum absolute atomic E-state index is 4.59. The molecule has 7 heterocycles. The smallest absolute Gasteiger partial charge is 0.499 e. The predicted octanol–water partition coefficient (Wildman–Crippen LogP) is 22.2. The molecule has 104 heavy (non-hydrogen) atoms. The van der Waals surface area contributed by atoms with Gasteiger partial charge in [-0.2, -0.15) is 6.67 Å². The third kappa shape index (κ3) is 19.6. The molecule has 2 fully saturated rings. The van der Waals surface area contributed by atoms with Gasteiger partial charge in [0.1, 0.15) is 34.9 Å². The van der Waals surface area contributed by atoms with E-state index in [2.05, 4.69) is 312 Å². The normalized spacial score (nSPS) is 14.5. The van der Waals surface area contributed by atoms with Crippen LogP contribution in [-0.2, 0) is 68.3 Å². The summed E-state index contributed by atoms with van der Waals surface area (Å²) in [6.45, 7) is 34.1. The van der Waals surface area contributed by atoms with Crippen LogP contribution >= 0.6 is 0 Å². The fourth-order valence-electron chi connectivity index (χ4n) is 14.8. The Morgan fingerprint density at radius 3 is 0.596 bits per heavy atom. The van der Waals surface area contributed by atoms with Gasteiger partial charge < -0.3 is 68.9 Å². The molecule has 0 bridgehead atoms. The molecule has 18 heteroatoms. The second kappa shape index (κ2) is 38.5. The summed E-state index contributed by atoms with van der Waals surface area (Å²) < 4.78 is 0. The Labute approximate surface area is 665 Å². The van der Waals surface area contributed by atoms with Gasteiger partial charge >= 0.3 is 68.3 Å². The van der Waals surface area contributed by atoms with Gasteiger partial charge in [0.15, 0.2) is 0 Å². The number of benzene rings is 7. The van der Waals surface area contributed by atoms with Gasteiger partial charge in [0.25, 0.3) is 0 Å². The minimum Gasteiger partial charge on any atom is -0.499 e. The van der Waals surface area contributed by atoms with E-state index in [-0.39, 0.29) is 98.0 Å². The van der Waals surface area contributed by atoms with E-state index in [4.69, 9.17) is 0 Å². The van der Waals surface area contributed by atoms with E-state index in [1.54, 1.807) is 37.2 Å². The Hall–Kier alpha value is -7.74. The minimum absolute atomic E-state index is 0. The topological polar surface area (TPSA) is 103 Å². The zero-order chi connectivity index (χ0) is 66.7. The molecule has 0 atom stereocenters. The molecular weight excluding hydrogens is 1480 g/mol. The molecular formula is C86H102Cu4N14.